The van der Waals surface area contributed by atoms with Crippen molar-refractivity contribution in [3.63, 3.8) is 0 Å². The van der Waals surface area contributed by atoms with Crippen LogP contribution in [0.5, 0.6) is 5.75 Å². The van der Waals surface area contributed by atoms with E-state index in [1.807, 2.05) is 60.7 Å². The Morgan fingerprint density at radius 2 is 1.67 bits per heavy atom. The van der Waals surface area contributed by atoms with Crippen molar-refractivity contribution in [2.75, 3.05) is 14.2 Å². The first-order valence-electron chi connectivity index (χ1n) is 15.1. The third kappa shape index (κ3) is 4.81. The molecule has 1 saturated heterocycles. The highest BCUT2D eigenvalue weighted by Gasteiger charge is 2.72. The number of rotatable bonds is 9. The number of ether oxygens (including phenoxy) is 5. The summed E-state index contributed by atoms with van der Waals surface area (Å²) < 4.78 is 29.1. The molecular weight excluding hydrogens is 610 g/mol. The average Bonchev–Trinajstić information content (AvgIpc) is 3.82. The third-order valence-corrected chi connectivity index (χ3v) is 9.74. The van der Waals surface area contributed by atoms with Gasteiger partial charge in [-0.2, -0.15) is 0 Å². The number of benzene rings is 3. The molecule has 3 aromatic rings. The van der Waals surface area contributed by atoms with E-state index in [0.717, 1.165) is 11.1 Å². The highest BCUT2D eigenvalue weighted by Crippen LogP contribution is 2.63. The first kappa shape index (κ1) is 30.2. The van der Waals surface area contributed by atoms with E-state index in [9.17, 15) is 14.7 Å². The lowest BCUT2D eigenvalue weighted by molar-refractivity contribution is -0.123. The Hall–Kier alpha value is -4.44. The number of aliphatic hydroxyl groups is 1. The van der Waals surface area contributed by atoms with Gasteiger partial charge in [0.05, 0.1) is 10.6 Å². The highest BCUT2D eigenvalue weighted by atomic mass is 35.5. The topological polar surface area (TPSA) is 128 Å². The summed E-state index contributed by atoms with van der Waals surface area (Å²) in [5, 5.41) is 19.9. The summed E-state index contributed by atoms with van der Waals surface area (Å²) in [6.45, 7) is 0.273. The van der Waals surface area contributed by atoms with Crippen molar-refractivity contribution in [1.82, 2.24) is 0 Å². The molecular formula is C36H32ClNO8. The number of hydrogen-bond acceptors (Lipinski definition) is 9. The molecule has 0 bridgehead atoms. The molecule has 10 heteroatoms. The standard InChI is InChI=1S/C36H32ClNO8/c1-42-35(43-2)24-16-26(44-17-19-9-5-3-6-10-19)28-23(30(24)37)14-21-13-22-15-25(39)29(34(38)45-18-20-11-7-4-8-12-20)32(41)36(22)33(46-36)27(21)31(28)40/h3-12,16,21-22,35,38-39H,13-15,17-18H2,1-2H3/t21?,22-,36+/m0/s1. The Bertz CT molecular complexity index is 1810. The molecule has 2 N–H and O–H groups in total. The van der Waals surface area contributed by atoms with Gasteiger partial charge in [0.15, 0.2) is 17.8 Å². The fourth-order valence-corrected chi connectivity index (χ4v) is 7.41. The van der Waals surface area contributed by atoms with Gasteiger partial charge in [0.1, 0.15) is 30.3 Å². The first-order chi connectivity index (χ1) is 22.3. The summed E-state index contributed by atoms with van der Waals surface area (Å²) >= 11 is 6.97. The molecule has 1 unspecified atom stereocenters. The summed E-state index contributed by atoms with van der Waals surface area (Å²) in [7, 11) is 3.02. The molecule has 3 atom stereocenters. The van der Waals surface area contributed by atoms with Crippen LogP contribution in [0.4, 0.5) is 0 Å². The minimum Gasteiger partial charge on any atom is -0.511 e. The van der Waals surface area contributed by atoms with E-state index < -0.39 is 29.5 Å². The quantitative estimate of drug-likeness (QED) is 0.116. The van der Waals surface area contributed by atoms with Crippen molar-refractivity contribution < 1.29 is 38.4 Å². The molecule has 0 saturated carbocycles. The van der Waals surface area contributed by atoms with Gasteiger partial charge in [0.25, 0.3) is 0 Å². The first-order valence-corrected chi connectivity index (χ1v) is 15.4. The summed E-state index contributed by atoms with van der Waals surface area (Å²) in [5.41, 5.74) is 2.00. The van der Waals surface area contributed by atoms with Crippen LogP contribution < -0.4 is 4.74 Å². The zero-order valence-electron chi connectivity index (χ0n) is 25.3. The molecule has 1 aliphatic heterocycles. The Kier molecular flexibility index (Phi) is 7.71. The lowest BCUT2D eigenvalue weighted by Crippen LogP contribution is -2.45. The minimum atomic E-state index is -1.41. The second-order valence-electron chi connectivity index (χ2n) is 11.9. The average molecular weight is 642 g/mol. The molecule has 7 rings (SSSR count). The molecule has 1 fully saturated rings. The van der Waals surface area contributed by atoms with Gasteiger partial charge in [-0.1, -0.05) is 72.3 Å². The predicted molar refractivity (Wildman–Crippen MR) is 168 cm³/mol. The summed E-state index contributed by atoms with van der Waals surface area (Å²) in [4.78, 5) is 28.4. The van der Waals surface area contributed by atoms with Gasteiger partial charge >= 0.3 is 0 Å². The number of carbonyl (C=O) groups is 2. The number of aliphatic hydroxyl groups excluding tert-OH is 1. The van der Waals surface area contributed by atoms with Gasteiger partial charge in [0, 0.05) is 37.7 Å². The summed E-state index contributed by atoms with van der Waals surface area (Å²) in [5.74, 6) is -1.59. The van der Waals surface area contributed by atoms with Crippen molar-refractivity contribution in [2.45, 2.75) is 44.4 Å². The van der Waals surface area contributed by atoms with Crippen LogP contribution in [0.2, 0.25) is 5.02 Å². The lowest BCUT2D eigenvalue weighted by Gasteiger charge is -2.36. The number of ketones is 2. The van der Waals surface area contributed by atoms with Crippen molar-refractivity contribution in [2.24, 2.45) is 11.8 Å². The van der Waals surface area contributed by atoms with Crippen LogP contribution in [0.1, 0.15) is 51.7 Å². The Labute approximate surface area is 270 Å². The largest absolute Gasteiger partial charge is 0.511 e. The van der Waals surface area contributed by atoms with E-state index in [1.54, 1.807) is 6.07 Å². The van der Waals surface area contributed by atoms with Gasteiger partial charge in [-0.3, -0.25) is 15.0 Å². The van der Waals surface area contributed by atoms with E-state index >= 15 is 0 Å². The van der Waals surface area contributed by atoms with Gasteiger partial charge in [0.2, 0.25) is 17.3 Å². The molecule has 0 aromatic heterocycles. The van der Waals surface area contributed by atoms with Crippen LogP contribution >= 0.6 is 11.6 Å². The Morgan fingerprint density at radius 1 is 1.02 bits per heavy atom. The number of halogens is 1. The van der Waals surface area contributed by atoms with Crippen molar-refractivity contribution in [3.8, 4) is 5.75 Å². The lowest BCUT2D eigenvalue weighted by atomic mass is 9.63. The molecule has 0 radical (unpaired) electrons. The Morgan fingerprint density at radius 3 is 2.33 bits per heavy atom. The zero-order chi connectivity index (χ0) is 32.2. The van der Waals surface area contributed by atoms with Crippen LogP contribution in [0.15, 0.2) is 89.4 Å². The normalized spacial score (nSPS) is 22.9. The Balaban J connectivity index is 1.24. The minimum absolute atomic E-state index is 0.0633. The fraction of sp³-hybridized carbons (Fsp3) is 0.306. The van der Waals surface area contributed by atoms with Crippen LogP contribution in [-0.4, -0.2) is 42.4 Å². The molecule has 3 aromatic carbocycles. The second kappa shape index (κ2) is 11.7. The van der Waals surface area contributed by atoms with E-state index in [1.165, 1.54) is 14.2 Å². The maximum atomic E-state index is 14.4. The molecule has 46 heavy (non-hydrogen) atoms. The monoisotopic (exact) mass is 641 g/mol. The number of methoxy groups -OCH3 is 2. The maximum Gasteiger partial charge on any atom is 0.231 e. The summed E-state index contributed by atoms with van der Waals surface area (Å²) in [6.07, 6.45) is 0.130. The van der Waals surface area contributed by atoms with Crippen LogP contribution in [0.25, 0.3) is 0 Å². The number of epoxide rings is 1. The molecule has 1 spiro atoms. The maximum absolute atomic E-state index is 14.4. The van der Waals surface area contributed by atoms with E-state index in [4.69, 9.17) is 40.7 Å². The predicted octanol–water partition coefficient (Wildman–Crippen LogP) is 6.59. The van der Waals surface area contributed by atoms with Gasteiger partial charge in [-0.25, -0.2) is 0 Å². The molecule has 9 nitrogen and oxygen atoms in total. The number of hydrogen-bond donors (Lipinski definition) is 2. The number of nitrogens with one attached hydrogen (secondary N) is 1. The SMILES string of the molecule is COC(OC)c1cc(OCc2ccccc2)c2c(c1Cl)CC1C[C@H]3CC(O)=C(C(=N)OCc4ccccc4)C(=O)[C@]34OC4=C1C2=O. The van der Waals surface area contributed by atoms with E-state index in [2.05, 4.69) is 0 Å². The van der Waals surface area contributed by atoms with E-state index in [0.29, 0.717) is 51.6 Å². The van der Waals surface area contributed by atoms with Gasteiger partial charge in [-0.05, 0) is 41.5 Å². The van der Waals surface area contributed by atoms with Crippen molar-refractivity contribution in [3.05, 3.63) is 122 Å². The molecule has 3 aliphatic carbocycles. The number of Topliss-reactive ketones (excluding diaryl/α,β-unsaturated/α-hetero) is 2. The molecule has 1 heterocycles. The van der Waals surface area contributed by atoms with Crippen LogP contribution in [0, 0.1) is 17.2 Å². The smallest absolute Gasteiger partial charge is 0.231 e. The molecule has 4 aliphatic rings. The zero-order valence-corrected chi connectivity index (χ0v) is 26.1. The van der Waals surface area contributed by atoms with Gasteiger partial charge < -0.3 is 28.8 Å². The van der Waals surface area contributed by atoms with Gasteiger partial charge in [-0.15, -0.1) is 0 Å². The second-order valence-corrected chi connectivity index (χ2v) is 12.3. The van der Waals surface area contributed by atoms with Crippen LogP contribution in [-0.2, 0) is 43.4 Å². The fourth-order valence-electron chi connectivity index (χ4n) is 7.10. The third-order valence-electron chi connectivity index (χ3n) is 9.30. The molecule has 236 valence electrons. The number of fused-ring (bicyclic) bond motifs is 2. The van der Waals surface area contributed by atoms with Crippen molar-refractivity contribution >= 4 is 29.1 Å². The summed E-state index contributed by atoms with van der Waals surface area (Å²) in [6, 6.07) is 20.5. The van der Waals surface area contributed by atoms with Crippen LogP contribution in [0.3, 0.4) is 0 Å². The number of carbonyl (C=O) groups excluding carboxylic acids is 2. The van der Waals surface area contributed by atoms with Crippen molar-refractivity contribution in [1.29, 1.82) is 5.41 Å². The number of allylic oxidation sites excluding steroid dienone is 2. The highest BCUT2D eigenvalue weighted by molar-refractivity contribution is 6.33. The van der Waals surface area contributed by atoms with E-state index in [-0.39, 0.29) is 42.7 Å². The molecule has 0 amide bonds.